The zero-order valence-corrected chi connectivity index (χ0v) is 16.4. The third-order valence-electron chi connectivity index (χ3n) is 4.30. The van der Waals surface area contributed by atoms with Crippen LogP contribution in [0.1, 0.15) is 11.5 Å². The zero-order chi connectivity index (χ0) is 20.2. The number of hydrogen-bond donors (Lipinski definition) is 1. The van der Waals surface area contributed by atoms with E-state index in [0.717, 1.165) is 5.75 Å². The van der Waals surface area contributed by atoms with Crippen LogP contribution < -0.4 is 19.7 Å². The Labute approximate surface area is 173 Å². The minimum absolute atomic E-state index is 0.280. The van der Waals surface area contributed by atoms with E-state index in [1.165, 1.54) is 4.90 Å². The van der Waals surface area contributed by atoms with Crippen molar-refractivity contribution in [3.05, 3.63) is 83.9 Å². The Bertz CT molecular complexity index is 1080. The molecule has 0 aliphatic carbocycles. The van der Waals surface area contributed by atoms with Crippen LogP contribution in [0.15, 0.2) is 76.8 Å². The van der Waals surface area contributed by atoms with Gasteiger partial charge in [-0.2, -0.15) is 0 Å². The number of methoxy groups -OCH3 is 1. The molecular weight excluding hydrogens is 388 g/mol. The summed E-state index contributed by atoms with van der Waals surface area (Å²) in [4.78, 5) is 14.3. The van der Waals surface area contributed by atoms with Crippen molar-refractivity contribution in [2.24, 2.45) is 0 Å². The number of nitrogens with one attached hydrogen (secondary N) is 1. The quantitative estimate of drug-likeness (QED) is 0.491. The molecule has 1 saturated heterocycles. The van der Waals surface area contributed by atoms with Gasteiger partial charge in [-0.25, -0.2) is 4.90 Å². The molecule has 0 bridgehead atoms. The van der Waals surface area contributed by atoms with Crippen LogP contribution in [0, 0.1) is 0 Å². The molecule has 4 rings (SSSR count). The van der Waals surface area contributed by atoms with E-state index in [1.54, 1.807) is 31.4 Å². The number of carbonyl (C=O) groups excluding carboxylic acids is 1. The number of ether oxygens (including phenoxy) is 2. The second kappa shape index (κ2) is 8.20. The van der Waals surface area contributed by atoms with Crippen LogP contribution >= 0.6 is 12.2 Å². The van der Waals surface area contributed by atoms with E-state index >= 15 is 0 Å². The second-order valence-electron chi connectivity index (χ2n) is 6.21. The molecule has 1 aromatic heterocycles. The van der Waals surface area contributed by atoms with Gasteiger partial charge < -0.3 is 19.2 Å². The Kier molecular flexibility index (Phi) is 5.31. The number of anilines is 1. The van der Waals surface area contributed by atoms with Crippen LogP contribution in [0.4, 0.5) is 5.69 Å². The Morgan fingerprint density at radius 1 is 1.07 bits per heavy atom. The third kappa shape index (κ3) is 4.00. The lowest BCUT2D eigenvalue weighted by molar-refractivity contribution is -0.113. The van der Waals surface area contributed by atoms with E-state index in [0.29, 0.717) is 35.3 Å². The van der Waals surface area contributed by atoms with Crippen molar-refractivity contribution in [3.8, 4) is 11.5 Å². The van der Waals surface area contributed by atoms with Crippen molar-refractivity contribution in [1.82, 2.24) is 5.32 Å². The molecule has 3 aromatic rings. The first-order chi connectivity index (χ1) is 14.2. The molecule has 2 aromatic carbocycles. The van der Waals surface area contributed by atoms with Crippen LogP contribution in [0.2, 0.25) is 0 Å². The highest BCUT2D eigenvalue weighted by molar-refractivity contribution is 7.80. The number of rotatable bonds is 6. The first kappa shape index (κ1) is 18.8. The summed E-state index contributed by atoms with van der Waals surface area (Å²) in [6, 6.07) is 20.3. The highest BCUT2D eigenvalue weighted by atomic mass is 32.1. The first-order valence-electron chi connectivity index (χ1n) is 8.92. The minimum atomic E-state index is -0.280. The summed E-state index contributed by atoms with van der Waals surface area (Å²) in [6.07, 6.45) is 1.62. The number of nitrogens with zero attached hydrogens (tertiary/aromatic N) is 1. The summed E-state index contributed by atoms with van der Waals surface area (Å²) in [5.41, 5.74) is 0.906. The normalized spacial score (nSPS) is 14.9. The van der Waals surface area contributed by atoms with Crippen LogP contribution in [-0.2, 0) is 11.4 Å². The maximum absolute atomic E-state index is 12.9. The zero-order valence-electron chi connectivity index (χ0n) is 15.6. The van der Waals surface area contributed by atoms with E-state index in [4.69, 9.17) is 26.1 Å². The number of furan rings is 1. The fourth-order valence-corrected chi connectivity index (χ4v) is 3.22. The summed E-state index contributed by atoms with van der Waals surface area (Å²) >= 11 is 5.35. The molecule has 29 heavy (non-hydrogen) atoms. The maximum atomic E-state index is 12.9. The number of hydrogen-bond acceptors (Lipinski definition) is 5. The largest absolute Gasteiger partial charge is 0.495 e. The van der Waals surface area contributed by atoms with E-state index in [1.807, 2.05) is 48.5 Å². The van der Waals surface area contributed by atoms with Gasteiger partial charge in [-0.05, 0) is 48.6 Å². The number of amides is 1. The molecule has 1 fully saturated rings. The summed E-state index contributed by atoms with van der Waals surface area (Å²) in [6.45, 7) is 0.292. The van der Waals surface area contributed by atoms with Gasteiger partial charge >= 0.3 is 0 Å². The molecule has 7 heteroatoms. The van der Waals surface area contributed by atoms with Crippen molar-refractivity contribution < 1.29 is 18.7 Å². The number of carbonyl (C=O) groups is 1. The van der Waals surface area contributed by atoms with Gasteiger partial charge in [-0.15, -0.1) is 0 Å². The topological polar surface area (TPSA) is 63.9 Å². The molecule has 2 heterocycles. The Hall–Kier alpha value is -3.58. The Balaban J connectivity index is 1.50. The molecule has 0 unspecified atom stereocenters. The Morgan fingerprint density at radius 2 is 1.83 bits per heavy atom. The first-order valence-corrected chi connectivity index (χ1v) is 9.33. The molecule has 0 spiro atoms. The van der Waals surface area contributed by atoms with E-state index in [9.17, 15) is 4.79 Å². The van der Waals surface area contributed by atoms with Crippen molar-refractivity contribution in [2.75, 3.05) is 12.0 Å². The molecule has 0 saturated carbocycles. The van der Waals surface area contributed by atoms with Crippen LogP contribution in [0.3, 0.4) is 0 Å². The number of para-hydroxylation sites is 3. The standard InChI is InChI=1S/C22H18N2O4S/c1-26-20-10-6-5-9-19(20)24-21(25)18(23-22(24)29)13-16-11-12-17(28-16)14-27-15-7-3-2-4-8-15/h2-13H,14H2,1H3,(H,23,29)/b18-13+. The average molecular weight is 406 g/mol. The SMILES string of the molecule is COc1ccccc1N1C(=O)/C(=C\c2ccc(COc3ccccc3)o2)NC1=S. The molecule has 0 atom stereocenters. The third-order valence-corrected chi connectivity index (χ3v) is 4.58. The average Bonchev–Trinajstić information content (AvgIpc) is 3.31. The van der Waals surface area contributed by atoms with Crippen molar-refractivity contribution in [1.29, 1.82) is 0 Å². The highest BCUT2D eigenvalue weighted by Gasteiger charge is 2.33. The molecule has 6 nitrogen and oxygen atoms in total. The summed E-state index contributed by atoms with van der Waals surface area (Å²) in [5, 5.41) is 3.22. The molecule has 1 aliphatic rings. The lowest BCUT2D eigenvalue weighted by atomic mass is 10.2. The van der Waals surface area contributed by atoms with Crippen LogP contribution in [-0.4, -0.2) is 18.1 Å². The highest BCUT2D eigenvalue weighted by Crippen LogP contribution is 2.31. The van der Waals surface area contributed by atoms with Gasteiger partial charge in [-0.3, -0.25) is 4.79 Å². The molecule has 1 amide bonds. The summed E-state index contributed by atoms with van der Waals surface area (Å²) < 4.78 is 16.8. The van der Waals surface area contributed by atoms with E-state index in [-0.39, 0.29) is 11.0 Å². The number of benzene rings is 2. The van der Waals surface area contributed by atoms with E-state index < -0.39 is 0 Å². The molecule has 146 valence electrons. The van der Waals surface area contributed by atoms with Crippen LogP contribution in [0.25, 0.3) is 6.08 Å². The fraction of sp³-hybridized carbons (Fsp3) is 0.0909. The van der Waals surface area contributed by atoms with Gasteiger partial charge in [0.15, 0.2) is 5.11 Å². The summed E-state index contributed by atoms with van der Waals surface area (Å²) in [5.74, 6) is 2.21. The fourth-order valence-electron chi connectivity index (χ4n) is 2.93. The predicted octanol–water partition coefficient (Wildman–Crippen LogP) is 4.13. The molecular formula is C22H18N2O4S. The predicted molar refractivity (Wildman–Crippen MR) is 114 cm³/mol. The lowest BCUT2D eigenvalue weighted by Gasteiger charge is -2.17. The Morgan fingerprint density at radius 3 is 2.62 bits per heavy atom. The van der Waals surface area contributed by atoms with Crippen molar-refractivity contribution in [3.63, 3.8) is 0 Å². The molecule has 1 N–H and O–H groups in total. The van der Waals surface area contributed by atoms with Crippen molar-refractivity contribution in [2.45, 2.75) is 6.61 Å². The number of thiocarbonyl (C=S) groups is 1. The smallest absolute Gasteiger partial charge is 0.281 e. The van der Waals surface area contributed by atoms with E-state index in [2.05, 4.69) is 5.32 Å². The monoisotopic (exact) mass is 406 g/mol. The van der Waals surface area contributed by atoms with Gasteiger partial charge in [0.2, 0.25) is 0 Å². The van der Waals surface area contributed by atoms with Gasteiger partial charge in [0, 0.05) is 6.08 Å². The second-order valence-corrected chi connectivity index (χ2v) is 6.59. The van der Waals surface area contributed by atoms with Gasteiger partial charge in [0.1, 0.15) is 35.3 Å². The minimum Gasteiger partial charge on any atom is -0.495 e. The summed E-state index contributed by atoms with van der Waals surface area (Å²) in [7, 11) is 1.55. The van der Waals surface area contributed by atoms with Gasteiger partial charge in [0.25, 0.3) is 5.91 Å². The molecule has 0 radical (unpaired) electrons. The van der Waals surface area contributed by atoms with Gasteiger partial charge in [0.05, 0.1) is 12.8 Å². The van der Waals surface area contributed by atoms with Crippen LogP contribution in [0.5, 0.6) is 11.5 Å². The van der Waals surface area contributed by atoms with Gasteiger partial charge in [-0.1, -0.05) is 30.3 Å². The molecule has 1 aliphatic heterocycles. The maximum Gasteiger partial charge on any atom is 0.281 e. The lowest BCUT2D eigenvalue weighted by Crippen LogP contribution is -2.30. The van der Waals surface area contributed by atoms with Crippen molar-refractivity contribution >= 4 is 35.0 Å².